The van der Waals surface area contributed by atoms with Crippen molar-refractivity contribution in [3.63, 3.8) is 0 Å². The minimum absolute atomic E-state index is 0.109. The number of sulfonamides is 1. The predicted octanol–water partition coefficient (Wildman–Crippen LogP) is 1.45. The summed E-state index contributed by atoms with van der Waals surface area (Å²) in [7, 11) is -2.19. The summed E-state index contributed by atoms with van der Waals surface area (Å²) in [5.41, 5.74) is 2.50. The largest absolute Gasteiger partial charge is 0.324 e. The number of hydrogen-bond donors (Lipinski definition) is 3. The van der Waals surface area contributed by atoms with Crippen LogP contribution in [0.4, 0.5) is 5.69 Å². The van der Waals surface area contributed by atoms with E-state index in [1.165, 1.54) is 11.6 Å². The maximum absolute atomic E-state index is 12.7. The molecule has 0 saturated carbocycles. The van der Waals surface area contributed by atoms with Gasteiger partial charge in [0, 0.05) is 19.3 Å². The number of carbonyl (C=O) groups excluding carboxylic acids is 1. The number of anilines is 1. The topological polar surface area (TPSA) is 105 Å². The first-order valence-corrected chi connectivity index (χ1v) is 10.3. The Balaban J connectivity index is 2.14. The smallest absolute Gasteiger partial charge is 0.244 e. The van der Waals surface area contributed by atoms with E-state index in [2.05, 4.69) is 20.5 Å². The summed E-state index contributed by atoms with van der Waals surface area (Å²) in [4.78, 5) is 12.7. The molecule has 148 valence electrons. The van der Waals surface area contributed by atoms with Gasteiger partial charge in [-0.2, -0.15) is 9.82 Å². The van der Waals surface area contributed by atoms with Crippen LogP contribution in [0.2, 0.25) is 0 Å². The molecule has 0 spiro atoms. The molecule has 0 fully saturated rings. The SMILES string of the molecule is CCNCc1ccccc1NC(=O)C(C)NS(=O)(=O)c1c(C)nn(C)c1C. The Morgan fingerprint density at radius 3 is 2.52 bits per heavy atom. The molecule has 1 aromatic carbocycles. The number of para-hydroxylation sites is 1. The number of hydrogen-bond acceptors (Lipinski definition) is 5. The van der Waals surface area contributed by atoms with Crippen molar-refractivity contribution in [2.75, 3.05) is 11.9 Å². The molecule has 0 bridgehead atoms. The summed E-state index contributed by atoms with van der Waals surface area (Å²) in [5.74, 6) is -0.429. The third-order valence-electron chi connectivity index (χ3n) is 4.28. The second-order valence-electron chi connectivity index (χ2n) is 6.39. The molecule has 0 aliphatic rings. The molecule has 0 radical (unpaired) electrons. The van der Waals surface area contributed by atoms with Gasteiger partial charge in [0.1, 0.15) is 4.90 Å². The fraction of sp³-hybridized carbons (Fsp3) is 0.444. The van der Waals surface area contributed by atoms with E-state index in [9.17, 15) is 13.2 Å². The highest BCUT2D eigenvalue weighted by Crippen LogP contribution is 2.19. The van der Waals surface area contributed by atoms with Gasteiger partial charge < -0.3 is 10.6 Å². The van der Waals surface area contributed by atoms with Crippen molar-refractivity contribution in [2.45, 2.75) is 45.2 Å². The molecule has 8 nitrogen and oxygen atoms in total. The molecular weight excluding hydrogens is 366 g/mol. The highest BCUT2D eigenvalue weighted by molar-refractivity contribution is 7.89. The van der Waals surface area contributed by atoms with Crippen LogP contribution in [0.25, 0.3) is 0 Å². The monoisotopic (exact) mass is 393 g/mol. The molecule has 0 saturated heterocycles. The lowest BCUT2D eigenvalue weighted by Gasteiger charge is -2.16. The van der Waals surface area contributed by atoms with Gasteiger partial charge >= 0.3 is 0 Å². The average molecular weight is 394 g/mol. The van der Waals surface area contributed by atoms with Crippen molar-refractivity contribution in [3.05, 3.63) is 41.2 Å². The van der Waals surface area contributed by atoms with Crippen molar-refractivity contribution in [2.24, 2.45) is 7.05 Å². The van der Waals surface area contributed by atoms with Gasteiger partial charge in [0.15, 0.2) is 0 Å². The van der Waals surface area contributed by atoms with Crippen LogP contribution in [0.15, 0.2) is 29.2 Å². The second-order valence-corrected chi connectivity index (χ2v) is 8.04. The van der Waals surface area contributed by atoms with Gasteiger partial charge in [0.2, 0.25) is 15.9 Å². The van der Waals surface area contributed by atoms with Crippen LogP contribution in [-0.4, -0.2) is 36.7 Å². The minimum atomic E-state index is -3.87. The Bertz CT molecular complexity index is 921. The van der Waals surface area contributed by atoms with E-state index >= 15 is 0 Å². The Morgan fingerprint density at radius 2 is 1.93 bits per heavy atom. The minimum Gasteiger partial charge on any atom is -0.324 e. The molecule has 1 unspecified atom stereocenters. The number of carbonyl (C=O) groups is 1. The van der Waals surface area contributed by atoms with E-state index in [-0.39, 0.29) is 4.90 Å². The molecule has 27 heavy (non-hydrogen) atoms. The first kappa shape index (κ1) is 21.1. The summed E-state index contributed by atoms with van der Waals surface area (Å²) in [6.45, 7) is 8.24. The zero-order chi connectivity index (χ0) is 20.2. The Morgan fingerprint density at radius 1 is 1.26 bits per heavy atom. The number of nitrogens with zero attached hydrogens (tertiary/aromatic N) is 2. The quantitative estimate of drug-likeness (QED) is 0.630. The van der Waals surface area contributed by atoms with Crippen molar-refractivity contribution < 1.29 is 13.2 Å². The Kier molecular flexibility index (Phi) is 6.74. The van der Waals surface area contributed by atoms with Crippen LogP contribution in [0.3, 0.4) is 0 Å². The molecule has 1 aromatic heterocycles. The number of nitrogens with one attached hydrogen (secondary N) is 3. The lowest BCUT2D eigenvalue weighted by atomic mass is 10.1. The maximum Gasteiger partial charge on any atom is 0.244 e. The van der Waals surface area contributed by atoms with Gasteiger partial charge in [-0.3, -0.25) is 9.48 Å². The van der Waals surface area contributed by atoms with E-state index in [4.69, 9.17) is 0 Å². The van der Waals surface area contributed by atoms with Gasteiger partial charge in [-0.1, -0.05) is 25.1 Å². The third-order valence-corrected chi connectivity index (χ3v) is 6.07. The summed E-state index contributed by atoms with van der Waals surface area (Å²) in [5, 5.41) is 10.1. The number of aromatic nitrogens is 2. The summed E-state index contributed by atoms with van der Waals surface area (Å²) >= 11 is 0. The zero-order valence-electron chi connectivity index (χ0n) is 16.3. The Hall–Kier alpha value is -2.23. The van der Waals surface area contributed by atoms with Crippen LogP contribution in [0, 0.1) is 13.8 Å². The lowest BCUT2D eigenvalue weighted by Crippen LogP contribution is -2.42. The standard InChI is InChI=1S/C18H27N5O3S/c1-6-19-11-15-9-7-8-10-16(15)20-18(24)13(3)22-27(25,26)17-12(2)21-23(5)14(17)4/h7-10,13,19,22H,6,11H2,1-5H3,(H,20,24). The van der Waals surface area contributed by atoms with Crippen molar-refractivity contribution in [1.29, 1.82) is 0 Å². The number of amides is 1. The molecule has 3 N–H and O–H groups in total. The second kappa shape index (κ2) is 8.64. The normalized spacial score (nSPS) is 12.8. The van der Waals surface area contributed by atoms with E-state index in [0.29, 0.717) is 23.6 Å². The number of rotatable bonds is 8. The van der Waals surface area contributed by atoms with Gasteiger partial charge in [-0.05, 0) is 38.9 Å². The van der Waals surface area contributed by atoms with Crippen LogP contribution in [0.5, 0.6) is 0 Å². The first-order valence-electron chi connectivity index (χ1n) is 8.79. The lowest BCUT2D eigenvalue weighted by molar-refractivity contribution is -0.117. The van der Waals surface area contributed by atoms with E-state index in [1.54, 1.807) is 27.0 Å². The van der Waals surface area contributed by atoms with E-state index in [0.717, 1.165) is 12.1 Å². The van der Waals surface area contributed by atoms with Gasteiger partial charge in [0.25, 0.3) is 0 Å². The van der Waals surface area contributed by atoms with E-state index in [1.807, 2.05) is 25.1 Å². The van der Waals surface area contributed by atoms with Crippen LogP contribution in [0.1, 0.15) is 30.8 Å². The summed E-state index contributed by atoms with van der Waals surface area (Å²) in [6, 6.07) is 6.47. The van der Waals surface area contributed by atoms with Crippen molar-refractivity contribution in [1.82, 2.24) is 19.8 Å². The maximum atomic E-state index is 12.7. The van der Waals surface area contributed by atoms with Crippen LogP contribution < -0.4 is 15.4 Å². The van der Waals surface area contributed by atoms with Crippen molar-refractivity contribution >= 4 is 21.6 Å². The molecule has 1 heterocycles. The molecule has 0 aliphatic heterocycles. The molecule has 0 aliphatic carbocycles. The first-order chi connectivity index (χ1) is 12.7. The molecular formula is C18H27N5O3S. The molecule has 2 rings (SSSR count). The highest BCUT2D eigenvalue weighted by atomic mass is 32.2. The van der Waals surface area contributed by atoms with Crippen LogP contribution >= 0.6 is 0 Å². The van der Waals surface area contributed by atoms with Gasteiger partial charge in [-0.15, -0.1) is 0 Å². The summed E-state index contributed by atoms with van der Waals surface area (Å²) in [6.07, 6.45) is 0. The van der Waals surface area contributed by atoms with Gasteiger partial charge in [0.05, 0.1) is 17.4 Å². The molecule has 9 heteroatoms. The number of benzene rings is 1. The fourth-order valence-electron chi connectivity index (χ4n) is 2.79. The molecule has 2 aromatic rings. The Labute approximate surface area is 160 Å². The third kappa shape index (κ3) is 4.94. The fourth-order valence-corrected chi connectivity index (χ4v) is 4.43. The highest BCUT2D eigenvalue weighted by Gasteiger charge is 2.28. The average Bonchev–Trinajstić information content (AvgIpc) is 2.86. The molecule has 1 amide bonds. The molecule has 1 atom stereocenters. The number of aryl methyl sites for hydroxylation is 2. The van der Waals surface area contributed by atoms with E-state index < -0.39 is 22.0 Å². The predicted molar refractivity (Wildman–Crippen MR) is 105 cm³/mol. The van der Waals surface area contributed by atoms with Crippen molar-refractivity contribution in [3.8, 4) is 0 Å². The van der Waals surface area contributed by atoms with Crippen LogP contribution in [-0.2, 0) is 28.4 Å². The zero-order valence-corrected chi connectivity index (χ0v) is 17.1. The summed E-state index contributed by atoms with van der Waals surface area (Å²) < 4.78 is 29.4. The van der Waals surface area contributed by atoms with Gasteiger partial charge in [-0.25, -0.2) is 8.42 Å².